The lowest BCUT2D eigenvalue weighted by molar-refractivity contribution is -0.132. The Morgan fingerprint density at radius 3 is 2.14 bits per heavy atom. The molecule has 0 bridgehead atoms. The molecular weight excluding hydrogens is 370 g/mol. The molecule has 0 unspecified atom stereocenters. The highest BCUT2D eigenvalue weighted by molar-refractivity contribution is 5.76. The van der Waals surface area contributed by atoms with E-state index < -0.39 is 0 Å². The first-order valence-electron chi connectivity index (χ1n) is 10.2. The third-order valence-corrected chi connectivity index (χ3v) is 5.59. The van der Waals surface area contributed by atoms with Crippen LogP contribution in [0.25, 0.3) is 0 Å². The van der Waals surface area contributed by atoms with E-state index in [2.05, 4.69) is 25.0 Å². The molecule has 0 aromatic carbocycles. The number of carbonyl (C=O) groups excluding carboxylic acids is 1. The van der Waals surface area contributed by atoms with E-state index in [1.165, 1.54) is 36.2 Å². The summed E-state index contributed by atoms with van der Waals surface area (Å²) in [5, 5.41) is 8.83. The van der Waals surface area contributed by atoms with Gasteiger partial charge in [-0.1, -0.05) is 0 Å². The Bertz CT molecular complexity index is 898. The van der Waals surface area contributed by atoms with Gasteiger partial charge in [0.05, 0.1) is 6.33 Å². The zero-order valence-corrected chi connectivity index (χ0v) is 16.8. The van der Waals surface area contributed by atoms with Gasteiger partial charge in [0.2, 0.25) is 5.91 Å². The Labute approximate surface area is 170 Å². The summed E-state index contributed by atoms with van der Waals surface area (Å²) in [4.78, 5) is 34.8. The maximum absolute atomic E-state index is 12.6. The van der Waals surface area contributed by atoms with Crippen molar-refractivity contribution in [2.24, 2.45) is 0 Å². The predicted molar refractivity (Wildman–Crippen MR) is 110 cm³/mol. The molecule has 1 amide bonds. The molecule has 4 heterocycles. The van der Waals surface area contributed by atoms with Crippen LogP contribution in [0.4, 0.5) is 11.6 Å². The first-order chi connectivity index (χ1) is 14.1. The molecule has 0 radical (unpaired) electrons. The molecule has 2 fully saturated rings. The molecule has 4 rings (SSSR count). The molecule has 29 heavy (non-hydrogen) atoms. The third-order valence-electron chi connectivity index (χ3n) is 5.59. The molecule has 0 aliphatic carbocycles. The summed E-state index contributed by atoms with van der Waals surface area (Å²) in [6.07, 6.45) is 5.15. The number of amides is 1. The number of rotatable bonds is 4. The minimum atomic E-state index is -0.200. The monoisotopic (exact) mass is 397 g/mol. The summed E-state index contributed by atoms with van der Waals surface area (Å²) in [5.41, 5.74) is 0.452. The van der Waals surface area contributed by atoms with Crippen molar-refractivity contribution in [1.29, 1.82) is 0 Å². The molecule has 0 N–H and O–H groups in total. The number of hydrogen-bond acceptors (Lipinski definition) is 7. The smallest absolute Gasteiger partial charge is 0.253 e. The van der Waals surface area contributed by atoms with Gasteiger partial charge < -0.3 is 14.7 Å². The molecule has 2 aromatic heterocycles. The van der Waals surface area contributed by atoms with Gasteiger partial charge in [0.15, 0.2) is 11.6 Å². The van der Waals surface area contributed by atoms with Gasteiger partial charge >= 0.3 is 0 Å². The summed E-state index contributed by atoms with van der Waals surface area (Å²) in [7, 11) is 0. The standard InChI is InChI=1S/C20H27N7O2/c1-16-13-19(28)27(15-21-16)14-20(29)26-11-9-25(10-12-26)18-6-5-17(22-23-18)24-7-3-2-4-8-24/h5-6,13,15H,2-4,7-12,14H2,1H3. The average Bonchev–Trinajstić information content (AvgIpc) is 2.76. The Morgan fingerprint density at radius 1 is 0.931 bits per heavy atom. The average molecular weight is 397 g/mol. The van der Waals surface area contributed by atoms with Gasteiger partial charge in [-0.3, -0.25) is 14.2 Å². The molecule has 2 saturated heterocycles. The largest absolute Gasteiger partial charge is 0.355 e. The van der Waals surface area contributed by atoms with Crippen LogP contribution in [0, 0.1) is 6.92 Å². The minimum Gasteiger partial charge on any atom is -0.355 e. The summed E-state index contributed by atoms with van der Waals surface area (Å²) in [6, 6.07) is 5.51. The number of aromatic nitrogens is 4. The van der Waals surface area contributed by atoms with Crippen LogP contribution in [0.5, 0.6) is 0 Å². The molecule has 0 atom stereocenters. The summed E-state index contributed by atoms with van der Waals surface area (Å²) in [5.74, 6) is 1.72. The number of anilines is 2. The number of piperidine rings is 1. The van der Waals surface area contributed by atoms with Crippen LogP contribution in [0.1, 0.15) is 25.0 Å². The Kier molecular flexibility index (Phi) is 5.73. The van der Waals surface area contributed by atoms with Crippen LogP contribution in [-0.2, 0) is 11.3 Å². The van der Waals surface area contributed by atoms with E-state index in [1.807, 2.05) is 12.1 Å². The van der Waals surface area contributed by atoms with Crippen molar-refractivity contribution in [3.05, 3.63) is 40.6 Å². The van der Waals surface area contributed by atoms with E-state index in [4.69, 9.17) is 0 Å². The Balaban J connectivity index is 1.31. The fourth-order valence-corrected chi connectivity index (χ4v) is 3.84. The molecular formula is C20H27N7O2. The van der Waals surface area contributed by atoms with E-state index in [0.717, 1.165) is 24.7 Å². The lowest BCUT2D eigenvalue weighted by atomic mass is 10.1. The van der Waals surface area contributed by atoms with Crippen molar-refractivity contribution in [1.82, 2.24) is 24.6 Å². The van der Waals surface area contributed by atoms with E-state index in [1.54, 1.807) is 11.8 Å². The molecule has 2 aliphatic heterocycles. The number of hydrogen-bond donors (Lipinski definition) is 0. The SMILES string of the molecule is Cc1cc(=O)n(CC(=O)N2CCN(c3ccc(N4CCCCC4)nn3)CC2)cn1. The Morgan fingerprint density at radius 2 is 1.55 bits per heavy atom. The minimum absolute atomic E-state index is 0.0243. The van der Waals surface area contributed by atoms with Gasteiger partial charge in [-0.2, -0.15) is 0 Å². The second kappa shape index (κ2) is 8.59. The number of nitrogens with zero attached hydrogens (tertiary/aromatic N) is 7. The highest BCUT2D eigenvalue weighted by atomic mass is 16.2. The van der Waals surface area contributed by atoms with Gasteiger partial charge in [-0.05, 0) is 38.3 Å². The Hall–Kier alpha value is -2.97. The van der Waals surface area contributed by atoms with Crippen LogP contribution in [0.2, 0.25) is 0 Å². The number of piperazine rings is 1. The van der Waals surface area contributed by atoms with Gasteiger partial charge in [0, 0.05) is 51.0 Å². The highest BCUT2D eigenvalue weighted by Crippen LogP contribution is 2.19. The van der Waals surface area contributed by atoms with Crippen molar-refractivity contribution in [3.63, 3.8) is 0 Å². The lowest BCUT2D eigenvalue weighted by Gasteiger charge is -2.35. The number of aryl methyl sites for hydroxylation is 1. The first-order valence-corrected chi connectivity index (χ1v) is 10.2. The first kappa shape index (κ1) is 19.4. The fraction of sp³-hybridized carbons (Fsp3) is 0.550. The molecule has 0 saturated carbocycles. The van der Waals surface area contributed by atoms with E-state index in [9.17, 15) is 9.59 Å². The zero-order valence-electron chi connectivity index (χ0n) is 16.8. The third kappa shape index (κ3) is 4.55. The highest BCUT2D eigenvalue weighted by Gasteiger charge is 2.23. The summed E-state index contributed by atoms with van der Waals surface area (Å²) < 4.78 is 1.35. The van der Waals surface area contributed by atoms with Crippen molar-refractivity contribution in [2.75, 3.05) is 49.1 Å². The molecule has 154 valence electrons. The van der Waals surface area contributed by atoms with Gasteiger partial charge in [0.25, 0.3) is 5.56 Å². The lowest BCUT2D eigenvalue weighted by Crippen LogP contribution is -2.50. The molecule has 9 heteroatoms. The maximum Gasteiger partial charge on any atom is 0.253 e. The fourth-order valence-electron chi connectivity index (χ4n) is 3.84. The van der Waals surface area contributed by atoms with Gasteiger partial charge in [-0.25, -0.2) is 4.98 Å². The molecule has 9 nitrogen and oxygen atoms in total. The molecule has 2 aliphatic rings. The number of carbonyl (C=O) groups is 1. The van der Waals surface area contributed by atoms with Crippen LogP contribution in [-0.4, -0.2) is 69.8 Å². The van der Waals surface area contributed by atoms with Crippen LogP contribution < -0.4 is 15.4 Å². The van der Waals surface area contributed by atoms with Crippen LogP contribution >= 0.6 is 0 Å². The maximum atomic E-state index is 12.6. The summed E-state index contributed by atoms with van der Waals surface area (Å²) >= 11 is 0. The van der Waals surface area contributed by atoms with Crippen molar-refractivity contribution < 1.29 is 4.79 Å². The van der Waals surface area contributed by atoms with E-state index in [-0.39, 0.29) is 18.0 Å². The topological polar surface area (TPSA) is 87.5 Å². The van der Waals surface area contributed by atoms with Crippen molar-refractivity contribution in [3.8, 4) is 0 Å². The van der Waals surface area contributed by atoms with E-state index in [0.29, 0.717) is 31.9 Å². The van der Waals surface area contributed by atoms with Crippen LogP contribution in [0.15, 0.2) is 29.3 Å². The quantitative estimate of drug-likeness (QED) is 0.750. The molecule has 0 spiro atoms. The van der Waals surface area contributed by atoms with Crippen LogP contribution in [0.3, 0.4) is 0 Å². The van der Waals surface area contributed by atoms with Crippen molar-refractivity contribution >= 4 is 17.5 Å². The normalized spacial score (nSPS) is 17.5. The van der Waals surface area contributed by atoms with Gasteiger partial charge in [0.1, 0.15) is 6.54 Å². The predicted octanol–water partition coefficient (Wildman–Crippen LogP) is 0.681. The second-order valence-electron chi connectivity index (χ2n) is 7.66. The van der Waals surface area contributed by atoms with Gasteiger partial charge in [-0.15, -0.1) is 10.2 Å². The van der Waals surface area contributed by atoms with E-state index >= 15 is 0 Å². The molecule has 2 aromatic rings. The second-order valence-corrected chi connectivity index (χ2v) is 7.66. The van der Waals surface area contributed by atoms with Crippen molar-refractivity contribution in [2.45, 2.75) is 32.7 Å². The summed E-state index contributed by atoms with van der Waals surface area (Å²) in [6.45, 7) is 6.48. The zero-order chi connectivity index (χ0) is 20.2.